The molecule has 0 fully saturated rings. The van der Waals surface area contributed by atoms with Gasteiger partial charge in [0.2, 0.25) is 5.91 Å². The Morgan fingerprint density at radius 3 is 2.55 bits per heavy atom. The van der Waals surface area contributed by atoms with Crippen molar-refractivity contribution in [2.45, 2.75) is 53.6 Å². The van der Waals surface area contributed by atoms with E-state index >= 15 is 0 Å². The first-order valence-corrected chi connectivity index (χ1v) is 15.6. The first-order valence-electron chi connectivity index (χ1n) is 14.4. The number of rotatable bonds is 11. The van der Waals surface area contributed by atoms with Crippen LogP contribution < -0.4 is 5.32 Å². The van der Waals surface area contributed by atoms with Gasteiger partial charge in [-0.15, -0.1) is 0 Å². The Bertz CT molecular complexity index is 1660. The van der Waals surface area contributed by atoms with Gasteiger partial charge in [0, 0.05) is 37.2 Å². The van der Waals surface area contributed by atoms with Gasteiger partial charge in [-0.05, 0) is 79.4 Å². The lowest BCUT2D eigenvalue weighted by molar-refractivity contribution is -0.139. The number of halogens is 2. The number of hydrogen-bond acceptors (Lipinski definition) is 5. The van der Waals surface area contributed by atoms with Crippen LogP contribution in [0.25, 0.3) is 0 Å². The summed E-state index contributed by atoms with van der Waals surface area (Å²) < 4.78 is 1.93. The smallest absolute Gasteiger partial charge is 0.249 e. The largest absolute Gasteiger partial charge is 0.331 e. The molecule has 44 heavy (non-hydrogen) atoms. The highest BCUT2D eigenvalue weighted by Crippen LogP contribution is 2.28. The minimum Gasteiger partial charge on any atom is -0.331 e. The summed E-state index contributed by atoms with van der Waals surface area (Å²) in [4.78, 5) is 18.7. The highest BCUT2D eigenvalue weighted by atomic mass is 35.5. The van der Waals surface area contributed by atoms with Gasteiger partial charge in [-0.1, -0.05) is 79.0 Å². The lowest BCUT2D eigenvalue weighted by Crippen LogP contribution is -2.52. The third kappa shape index (κ3) is 8.67. The van der Waals surface area contributed by atoms with Gasteiger partial charge in [-0.2, -0.15) is 5.26 Å². The summed E-state index contributed by atoms with van der Waals surface area (Å²) in [6.07, 6.45) is 4.30. The third-order valence-corrected chi connectivity index (χ3v) is 8.38. The fourth-order valence-electron chi connectivity index (χ4n) is 4.79. The molecule has 1 N–H and O–H groups in total. The minimum atomic E-state index is -0.212. The van der Waals surface area contributed by atoms with E-state index in [9.17, 15) is 4.79 Å². The van der Waals surface area contributed by atoms with E-state index < -0.39 is 0 Å². The quantitative estimate of drug-likeness (QED) is 0.132. The maximum Gasteiger partial charge on any atom is 0.249 e. The Morgan fingerprint density at radius 2 is 1.86 bits per heavy atom. The number of benzene rings is 3. The van der Waals surface area contributed by atoms with Crippen molar-refractivity contribution in [2.24, 2.45) is 5.92 Å². The molecule has 0 radical (unpaired) electrons. The first-order chi connectivity index (χ1) is 21.0. The molecular formula is C34H36Cl2N6OS. The first kappa shape index (κ1) is 33.2. The van der Waals surface area contributed by atoms with Crippen LogP contribution in [0.15, 0.2) is 73.2 Å². The molecule has 0 bridgehead atoms. The van der Waals surface area contributed by atoms with E-state index in [0.717, 1.165) is 40.1 Å². The number of aryl methyl sites for hydroxylation is 2. The van der Waals surface area contributed by atoms with Crippen LogP contribution in [0.4, 0.5) is 5.69 Å². The van der Waals surface area contributed by atoms with Crippen molar-refractivity contribution in [1.29, 1.82) is 5.26 Å². The summed E-state index contributed by atoms with van der Waals surface area (Å²) in [5, 5.41) is 17.1. The van der Waals surface area contributed by atoms with Gasteiger partial charge in [0.25, 0.3) is 0 Å². The van der Waals surface area contributed by atoms with E-state index in [2.05, 4.69) is 36.3 Å². The SMILES string of the molecule is Cc1ccc(NC(=S)N(C(=O)Cc2cncn2Cc2ccc(C#N)cc2)N(CCC(C)C)Cc2cccc(Cl)c2Cl)c(C)c1. The molecule has 228 valence electrons. The summed E-state index contributed by atoms with van der Waals surface area (Å²) >= 11 is 18.9. The molecule has 3 aromatic carbocycles. The Morgan fingerprint density at radius 1 is 1.11 bits per heavy atom. The van der Waals surface area contributed by atoms with Crippen molar-refractivity contribution >= 4 is 52.1 Å². The molecule has 7 nitrogen and oxygen atoms in total. The lowest BCUT2D eigenvalue weighted by atomic mass is 10.1. The van der Waals surface area contributed by atoms with E-state index in [1.54, 1.807) is 35.7 Å². The highest BCUT2D eigenvalue weighted by molar-refractivity contribution is 7.80. The number of carbonyl (C=O) groups is 1. The van der Waals surface area contributed by atoms with Crippen molar-refractivity contribution in [3.05, 3.63) is 117 Å². The van der Waals surface area contributed by atoms with Crippen LogP contribution in [0.5, 0.6) is 0 Å². The molecule has 1 amide bonds. The lowest BCUT2D eigenvalue weighted by Gasteiger charge is -2.36. The van der Waals surface area contributed by atoms with Crippen LogP contribution in [-0.4, -0.2) is 37.1 Å². The topological polar surface area (TPSA) is 77.2 Å². The van der Waals surface area contributed by atoms with E-state index in [4.69, 9.17) is 40.7 Å². The molecule has 0 unspecified atom stereocenters. The van der Waals surface area contributed by atoms with Crippen LogP contribution in [-0.2, 0) is 24.3 Å². The van der Waals surface area contributed by atoms with E-state index in [-0.39, 0.29) is 17.4 Å². The maximum absolute atomic E-state index is 14.3. The van der Waals surface area contributed by atoms with Crippen LogP contribution in [0.1, 0.15) is 53.8 Å². The number of aromatic nitrogens is 2. The van der Waals surface area contributed by atoms with Crippen molar-refractivity contribution in [3.63, 3.8) is 0 Å². The Hall–Kier alpha value is -3.74. The van der Waals surface area contributed by atoms with Crippen molar-refractivity contribution < 1.29 is 4.79 Å². The Balaban J connectivity index is 1.67. The summed E-state index contributed by atoms with van der Waals surface area (Å²) in [7, 11) is 0. The van der Waals surface area contributed by atoms with Gasteiger partial charge in [-0.25, -0.2) is 15.0 Å². The van der Waals surface area contributed by atoms with Crippen molar-refractivity contribution in [1.82, 2.24) is 19.6 Å². The summed E-state index contributed by atoms with van der Waals surface area (Å²) in [6, 6.07) is 21.1. The zero-order valence-corrected chi connectivity index (χ0v) is 27.7. The Kier molecular flexibility index (Phi) is 11.5. The molecule has 0 aliphatic rings. The normalized spacial score (nSPS) is 11.1. The fraction of sp³-hybridized carbons (Fsp3) is 0.294. The zero-order chi connectivity index (χ0) is 31.8. The number of hydrazine groups is 1. The number of nitrogens with one attached hydrogen (secondary N) is 1. The molecule has 0 aliphatic carbocycles. The summed E-state index contributed by atoms with van der Waals surface area (Å²) in [5.74, 6) is 0.176. The number of amides is 1. The molecule has 0 saturated heterocycles. The highest BCUT2D eigenvalue weighted by Gasteiger charge is 2.28. The number of thiocarbonyl (C=S) groups is 1. The van der Waals surface area contributed by atoms with Crippen molar-refractivity contribution in [3.8, 4) is 6.07 Å². The minimum absolute atomic E-state index is 0.0619. The Labute approximate surface area is 275 Å². The third-order valence-electron chi connectivity index (χ3n) is 7.25. The number of anilines is 1. The standard InChI is InChI=1S/C34H36Cl2N6OS/c1-23(2)14-15-41(21-28-6-5-7-30(35)33(28)36)42(34(44)39-31-13-8-24(3)16-25(31)4)32(43)17-29-19-38-22-40(29)20-27-11-9-26(18-37)10-12-27/h5-13,16,19,22-23H,14-15,17,20-21H2,1-4H3,(H,39,44). The monoisotopic (exact) mass is 646 g/mol. The molecule has 0 spiro atoms. The van der Waals surface area contributed by atoms with E-state index in [1.165, 1.54) is 0 Å². The molecule has 0 saturated carbocycles. The van der Waals surface area contributed by atoms with Gasteiger partial charge < -0.3 is 9.88 Å². The number of nitrogens with zero attached hydrogens (tertiary/aromatic N) is 5. The van der Waals surface area contributed by atoms with Gasteiger partial charge in [0.15, 0.2) is 5.11 Å². The van der Waals surface area contributed by atoms with Crippen molar-refractivity contribution in [2.75, 3.05) is 11.9 Å². The molecule has 4 rings (SSSR count). The summed E-state index contributed by atoms with van der Waals surface area (Å²) in [5.41, 5.74) is 6.10. The van der Waals surface area contributed by atoms with Gasteiger partial charge in [-0.3, -0.25) is 4.79 Å². The molecule has 0 aliphatic heterocycles. The van der Waals surface area contributed by atoms with Gasteiger partial charge in [0.1, 0.15) is 0 Å². The summed E-state index contributed by atoms with van der Waals surface area (Å²) in [6.45, 7) is 9.73. The van der Waals surface area contributed by atoms with Crippen LogP contribution >= 0.6 is 35.4 Å². The van der Waals surface area contributed by atoms with Gasteiger partial charge >= 0.3 is 0 Å². The zero-order valence-electron chi connectivity index (χ0n) is 25.3. The van der Waals surface area contributed by atoms with E-state index in [0.29, 0.717) is 41.2 Å². The van der Waals surface area contributed by atoms with Crippen LogP contribution in [0.3, 0.4) is 0 Å². The molecule has 0 atom stereocenters. The maximum atomic E-state index is 14.3. The molecular weight excluding hydrogens is 611 g/mol. The average Bonchev–Trinajstić information content (AvgIpc) is 3.41. The average molecular weight is 648 g/mol. The predicted octanol–water partition coefficient (Wildman–Crippen LogP) is 7.96. The predicted molar refractivity (Wildman–Crippen MR) is 181 cm³/mol. The van der Waals surface area contributed by atoms with E-state index in [1.807, 2.05) is 59.8 Å². The second-order valence-corrected chi connectivity index (χ2v) is 12.4. The number of imidazole rings is 1. The number of carbonyl (C=O) groups excluding carboxylic acids is 1. The molecule has 10 heteroatoms. The van der Waals surface area contributed by atoms with Crippen LogP contribution in [0, 0.1) is 31.1 Å². The second-order valence-electron chi connectivity index (χ2n) is 11.2. The number of hydrogen-bond donors (Lipinski definition) is 1. The molecule has 1 aromatic heterocycles. The molecule has 4 aromatic rings. The number of nitriles is 1. The van der Waals surface area contributed by atoms with Gasteiger partial charge in [0.05, 0.1) is 34.4 Å². The van der Waals surface area contributed by atoms with Crippen LogP contribution in [0.2, 0.25) is 10.0 Å². The molecule has 1 heterocycles. The fourth-order valence-corrected chi connectivity index (χ4v) is 5.50. The second kappa shape index (κ2) is 15.3.